The number of rotatable bonds is 2. The second-order valence-electron chi connectivity index (χ2n) is 6.08. The summed E-state index contributed by atoms with van der Waals surface area (Å²) in [6, 6.07) is 24.9. The highest BCUT2D eigenvalue weighted by molar-refractivity contribution is 14.1. The molecule has 0 bridgehead atoms. The van der Waals surface area contributed by atoms with Gasteiger partial charge in [-0.2, -0.15) is 0 Å². The number of furan rings is 2. The average molecular weight is 562 g/mol. The summed E-state index contributed by atoms with van der Waals surface area (Å²) in [5, 5.41) is 2.16. The van der Waals surface area contributed by atoms with Crippen LogP contribution < -0.4 is 0 Å². The molecular weight excluding hydrogens is 550 g/mol. The van der Waals surface area contributed by atoms with Crippen LogP contribution in [0.25, 0.3) is 44.2 Å². The molecule has 4 heteroatoms. The Hall–Kier alpha value is -1.80. The first-order valence-corrected chi connectivity index (χ1v) is 10.3. The molecule has 0 radical (unpaired) electrons. The van der Waals surface area contributed by atoms with Gasteiger partial charge in [0, 0.05) is 67.1 Å². The molecule has 5 aromatic rings. The maximum Gasteiger partial charge on any atom is 0.172 e. The fourth-order valence-corrected chi connectivity index (χ4v) is 5.05. The number of hydrogen-bond acceptors (Lipinski definition) is 2. The quantitative estimate of drug-likeness (QED) is 0.206. The summed E-state index contributed by atoms with van der Waals surface area (Å²) < 4.78 is 14.0. The van der Waals surface area contributed by atoms with E-state index in [2.05, 4.69) is 81.6 Å². The molecule has 0 spiro atoms. The van der Waals surface area contributed by atoms with Gasteiger partial charge in [0.15, 0.2) is 7.53 Å². The Balaban J connectivity index is 1.82. The van der Waals surface area contributed by atoms with Crippen molar-refractivity contribution in [3.63, 3.8) is 0 Å². The summed E-state index contributed by atoms with van der Waals surface area (Å²) in [4.78, 5) is 0. The van der Waals surface area contributed by atoms with Gasteiger partial charge in [-0.25, -0.2) is 0 Å². The molecule has 5 rings (SSSR count). The van der Waals surface area contributed by atoms with Gasteiger partial charge < -0.3 is 8.83 Å². The highest BCUT2D eigenvalue weighted by atomic mass is 127. The van der Waals surface area contributed by atoms with Crippen LogP contribution in [-0.4, -0.2) is 0 Å². The monoisotopic (exact) mass is 562 g/mol. The van der Waals surface area contributed by atoms with Crippen LogP contribution in [0.3, 0.4) is 0 Å². The van der Waals surface area contributed by atoms with E-state index in [-0.39, 0.29) is 0 Å². The molecule has 26 heavy (non-hydrogen) atoms. The number of hydrogen-bond donors (Lipinski definition) is 0. The molecular formula is C22H12I2O2. The van der Waals surface area contributed by atoms with E-state index in [0.717, 1.165) is 51.7 Å². The molecule has 0 amide bonds. The molecule has 0 saturated carbocycles. The van der Waals surface area contributed by atoms with E-state index in [1.807, 2.05) is 36.4 Å². The Morgan fingerprint density at radius 2 is 0.923 bits per heavy atom. The molecule has 0 fully saturated rings. The zero-order valence-electron chi connectivity index (χ0n) is 13.5. The molecule has 2 aromatic heterocycles. The molecule has 126 valence electrons. The summed E-state index contributed by atoms with van der Waals surface area (Å²) in [5.41, 5.74) is 6.32. The number of fused-ring (bicyclic) bond motifs is 2. The third kappa shape index (κ3) is 2.58. The van der Waals surface area contributed by atoms with Crippen LogP contribution in [0.1, 0.15) is 0 Å². The van der Waals surface area contributed by atoms with Gasteiger partial charge in [-0.3, -0.25) is 0 Å². The summed E-state index contributed by atoms with van der Waals surface area (Å²) in [7, 11) is 0. The van der Waals surface area contributed by atoms with E-state index in [1.54, 1.807) is 0 Å². The normalized spacial score (nSPS) is 11.5. The van der Waals surface area contributed by atoms with Crippen molar-refractivity contribution in [1.29, 1.82) is 0 Å². The van der Waals surface area contributed by atoms with Gasteiger partial charge in [-0.15, -0.1) is 0 Å². The van der Waals surface area contributed by atoms with Crippen molar-refractivity contribution < 1.29 is 8.83 Å². The Morgan fingerprint density at radius 3 is 1.31 bits per heavy atom. The van der Waals surface area contributed by atoms with Crippen LogP contribution in [0.2, 0.25) is 0 Å². The highest BCUT2D eigenvalue weighted by Gasteiger charge is 2.19. The first kappa shape index (κ1) is 16.4. The van der Waals surface area contributed by atoms with Gasteiger partial charge >= 0.3 is 0 Å². The van der Waals surface area contributed by atoms with Gasteiger partial charge in [0.05, 0.1) is 0 Å². The Bertz CT molecular complexity index is 1140. The van der Waals surface area contributed by atoms with Gasteiger partial charge in [-0.1, -0.05) is 60.7 Å². The van der Waals surface area contributed by atoms with Crippen LogP contribution in [-0.2, 0) is 0 Å². The second-order valence-corrected chi connectivity index (χ2v) is 8.04. The minimum absolute atomic E-state index is 0.884. The lowest BCUT2D eigenvalue weighted by atomic mass is 10.0. The smallest absolute Gasteiger partial charge is 0.172 e. The average Bonchev–Trinajstić information content (AvgIpc) is 3.15. The van der Waals surface area contributed by atoms with E-state index in [9.17, 15) is 0 Å². The predicted octanol–water partition coefficient (Wildman–Crippen LogP) is 7.72. The van der Waals surface area contributed by atoms with Gasteiger partial charge in [0.1, 0.15) is 11.2 Å². The number of halogens is 2. The SMILES string of the molecule is Ic1oc2cc3c(-c4ccccc4)c(I)oc3cc2c1-c1ccccc1. The molecule has 3 aromatic carbocycles. The fraction of sp³-hybridized carbons (Fsp3) is 0. The highest BCUT2D eigenvalue weighted by Crippen LogP contribution is 2.42. The zero-order valence-corrected chi connectivity index (χ0v) is 17.8. The largest absolute Gasteiger partial charge is 0.450 e. The molecule has 0 aliphatic carbocycles. The van der Waals surface area contributed by atoms with Gasteiger partial charge in [0.2, 0.25) is 0 Å². The molecule has 2 heterocycles. The van der Waals surface area contributed by atoms with Crippen LogP contribution in [0.15, 0.2) is 81.6 Å². The summed E-state index contributed by atoms with van der Waals surface area (Å²) in [5.74, 6) is 0. The molecule has 0 aliphatic rings. The second kappa shape index (κ2) is 6.42. The first-order chi connectivity index (χ1) is 12.7. The van der Waals surface area contributed by atoms with E-state index in [1.165, 1.54) is 0 Å². The minimum atomic E-state index is 0.884. The maximum atomic E-state index is 6.10. The Kier molecular flexibility index (Phi) is 4.04. The van der Waals surface area contributed by atoms with E-state index < -0.39 is 0 Å². The third-order valence-electron chi connectivity index (χ3n) is 4.54. The summed E-state index contributed by atoms with van der Waals surface area (Å²) in [6.07, 6.45) is 0. The van der Waals surface area contributed by atoms with Crippen molar-refractivity contribution in [2.24, 2.45) is 0 Å². The van der Waals surface area contributed by atoms with E-state index in [4.69, 9.17) is 8.83 Å². The molecule has 0 atom stereocenters. The van der Waals surface area contributed by atoms with E-state index in [0.29, 0.717) is 0 Å². The van der Waals surface area contributed by atoms with Gasteiger partial charge in [-0.05, 0) is 23.3 Å². The Labute approximate surface area is 177 Å². The summed E-state index contributed by atoms with van der Waals surface area (Å²) in [6.45, 7) is 0. The van der Waals surface area contributed by atoms with Gasteiger partial charge in [0.25, 0.3) is 0 Å². The van der Waals surface area contributed by atoms with Crippen LogP contribution in [0, 0.1) is 7.53 Å². The molecule has 0 N–H and O–H groups in total. The van der Waals surface area contributed by atoms with Crippen LogP contribution in [0.5, 0.6) is 0 Å². The molecule has 0 saturated heterocycles. The van der Waals surface area contributed by atoms with Crippen molar-refractivity contribution in [2.45, 2.75) is 0 Å². The predicted molar refractivity (Wildman–Crippen MR) is 122 cm³/mol. The third-order valence-corrected chi connectivity index (χ3v) is 6.06. The lowest BCUT2D eigenvalue weighted by Gasteiger charge is -2.00. The van der Waals surface area contributed by atoms with E-state index >= 15 is 0 Å². The van der Waals surface area contributed by atoms with Crippen molar-refractivity contribution in [3.05, 3.63) is 80.3 Å². The zero-order chi connectivity index (χ0) is 17.7. The lowest BCUT2D eigenvalue weighted by molar-refractivity contribution is 0.582. The molecule has 2 nitrogen and oxygen atoms in total. The Morgan fingerprint density at radius 1 is 0.538 bits per heavy atom. The van der Waals surface area contributed by atoms with Crippen LogP contribution in [0.4, 0.5) is 0 Å². The number of benzene rings is 3. The summed E-state index contributed by atoms with van der Waals surface area (Å²) >= 11 is 4.54. The van der Waals surface area contributed by atoms with Crippen molar-refractivity contribution in [2.75, 3.05) is 0 Å². The standard InChI is InChI=1S/C22H12I2O2/c23-21-19(13-7-3-1-4-8-13)15-11-18-16(12-17(15)25-21)20(22(24)26-18)14-9-5-2-6-10-14/h1-12H. The minimum Gasteiger partial charge on any atom is -0.450 e. The van der Waals surface area contributed by atoms with Crippen molar-refractivity contribution in [1.82, 2.24) is 0 Å². The lowest BCUT2D eigenvalue weighted by Crippen LogP contribution is -1.79. The molecule has 0 aliphatic heterocycles. The fourth-order valence-electron chi connectivity index (χ4n) is 3.37. The maximum absolute atomic E-state index is 6.10. The topological polar surface area (TPSA) is 26.3 Å². The first-order valence-electron chi connectivity index (χ1n) is 8.17. The van der Waals surface area contributed by atoms with Crippen molar-refractivity contribution >= 4 is 67.1 Å². The van der Waals surface area contributed by atoms with Crippen LogP contribution >= 0.6 is 45.2 Å². The van der Waals surface area contributed by atoms with Crippen molar-refractivity contribution in [3.8, 4) is 22.3 Å². The molecule has 0 unspecified atom stereocenters.